The van der Waals surface area contributed by atoms with Gasteiger partial charge in [0.2, 0.25) is 0 Å². The molecule has 1 aliphatic rings. The number of benzene rings is 2. The fourth-order valence-corrected chi connectivity index (χ4v) is 3.96. The molecule has 0 spiro atoms. The van der Waals surface area contributed by atoms with Gasteiger partial charge in [-0.2, -0.15) is 5.26 Å². The average molecular weight is 396 g/mol. The van der Waals surface area contributed by atoms with Crippen LogP contribution in [0.4, 0.5) is 0 Å². The molecule has 0 radical (unpaired) electrons. The first-order valence-corrected chi connectivity index (χ1v) is 10.2. The topological polar surface area (TPSA) is 63.0 Å². The van der Waals surface area contributed by atoms with E-state index in [0.29, 0.717) is 5.56 Å². The van der Waals surface area contributed by atoms with E-state index in [9.17, 15) is 4.79 Å². The number of nitrogens with zero attached hydrogens (tertiary/aromatic N) is 2. The summed E-state index contributed by atoms with van der Waals surface area (Å²) in [4.78, 5) is 17.6. The second-order valence-electron chi connectivity index (χ2n) is 8.61. The van der Waals surface area contributed by atoms with Gasteiger partial charge in [-0.3, -0.25) is 0 Å². The molecule has 1 aromatic heterocycles. The smallest absolute Gasteiger partial charge is 0.340 e. The number of carbonyl (C=O) groups is 1. The second-order valence-corrected chi connectivity index (χ2v) is 8.61. The fraction of sp³-hybridized carbons (Fsp3) is 0.269. The summed E-state index contributed by atoms with van der Waals surface area (Å²) < 4.78 is 5.16. The van der Waals surface area contributed by atoms with Gasteiger partial charge in [-0.25, -0.2) is 9.78 Å². The lowest BCUT2D eigenvalue weighted by molar-refractivity contribution is 0.0556. The van der Waals surface area contributed by atoms with Crippen molar-refractivity contribution in [3.05, 3.63) is 76.5 Å². The van der Waals surface area contributed by atoms with Crippen LogP contribution in [0.3, 0.4) is 0 Å². The Kier molecular flexibility index (Phi) is 5.13. The Morgan fingerprint density at radius 1 is 1.13 bits per heavy atom. The number of nitriles is 1. The molecule has 0 atom stereocenters. The van der Waals surface area contributed by atoms with Crippen molar-refractivity contribution in [3.8, 4) is 6.07 Å². The molecule has 0 fully saturated rings. The highest BCUT2D eigenvalue weighted by Crippen LogP contribution is 2.38. The van der Waals surface area contributed by atoms with Crippen molar-refractivity contribution in [2.45, 2.75) is 39.0 Å². The van der Waals surface area contributed by atoms with Gasteiger partial charge in [-0.15, -0.1) is 0 Å². The Morgan fingerprint density at radius 2 is 1.87 bits per heavy atom. The summed E-state index contributed by atoms with van der Waals surface area (Å²) in [7, 11) is 0. The zero-order valence-electron chi connectivity index (χ0n) is 17.5. The minimum atomic E-state index is -0.456. The Balaban J connectivity index is 1.79. The maximum absolute atomic E-state index is 12.8. The van der Waals surface area contributed by atoms with E-state index in [4.69, 9.17) is 15.0 Å². The lowest BCUT2D eigenvalue weighted by Gasteiger charge is -2.18. The SMILES string of the molecule is CC(C)(C)c1ccc(/C=C2\CCc3c2nc2ccccc2c3C(=O)OCC#N)cc1. The van der Waals surface area contributed by atoms with Gasteiger partial charge in [0.05, 0.1) is 16.8 Å². The third kappa shape index (κ3) is 3.71. The molecule has 30 heavy (non-hydrogen) atoms. The summed E-state index contributed by atoms with van der Waals surface area (Å²) in [5.74, 6) is -0.456. The molecule has 0 amide bonds. The lowest BCUT2D eigenvalue weighted by atomic mass is 9.86. The Labute approximate surface area is 176 Å². The van der Waals surface area contributed by atoms with E-state index in [1.54, 1.807) is 0 Å². The predicted octanol–water partition coefficient (Wildman–Crippen LogP) is 5.70. The molecule has 1 heterocycles. The molecule has 1 aliphatic carbocycles. The molecule has 0 N–H and O–H groups in total. The van der Waals surface area contributed by atoms with Crippen LogP contribution in [0.5, 0.6) is 0 Å². The van der Waals surface area contributed by atoms with Crippen LogP contribution in [0.1, 0.15) is 59.9 Å². The highest BCUT2D eigenvalue weighted by Gasteiger charge is 2.27. The molecule has 150 valence electrons. The van der Waals surface area contributed by atoms with E-state index in [0.717, 1.165) is 46.1 Å². The van der Waals surface area contributed by atoms with Gasteiger partial charge in [0.15, 0.2) is 6.61 Å². The zero-order chi connectivity index (χ0) is 21.3. The molecular weight excluding hydrogens is 372 g/mol. The third-order valence-electron chi connectivity index (χ3n) is 5.53. The Bertz CT molecular complexity index is 1190. The molecule has 0 bridgehead atoms. The highest BCUT2D eigenvalue weighted by molar-refractivity contribution is 6.07. The number of esters is 1. The summed E-state index contributed by atoms with van der Waals surface area (Å²) in [6.07, 6.45) is 3.71. The number of aromatic nitrogens is 1. The van der Waals surface area contributed by atoms with Crippen molar-refractivity contribution in [1.29, 1.82) is 5.26 Å². The van der Waals surface area contributed by atoms with Crippen LogP contribution in [0.25, 0.3) is 22.6 Å². The Morgan fingerprint density at radius 3 is 2.57 bits per heavy atom. The van der Waals surface area contributed by atoms with E-state index >= 15 is 0 Å². The van der Waals surface area contributed by atoms with Gasteiger partial charge >= 0.3 is 5.97 Å². The van der Waals surface area contributed by atoms with Crippen molar-refractivity contribution in [3.63, 3.8) is 0 Å². The maximum Gasteiger partial charge on any atom is 0.340 e. The number of ether oxygens (including phenoxy) is 1. The number of rotatable bonds is 3. The van der Waals surface area contributed by atoms with E-state index in [-0.39, 0.29) is 12.0 Å². The van der Waals surface area contributed by atoms with Crippen LogP contribution in [-0.2, 0) is 16.6 Å². The number of hydrogen-bond donors (Lipinski definition) is 0. The van der Waals surface area contributed by atoms with Crippen LogP contribution in [0, 0.1) is 11.3 Å². The van der Waals surface area contributed by atoms with Gasteiger partial charge in [0.25, 0.3) is 0 Å². The van der Waals surface area contributed by atoms with E-state index in [1.165, 1.54) is 5.56 Å². The number of pyridine rings is 1. The van der Waals surface area contributed by atoms with Crippen molar-refractivity contribution in [2.75, 3.05) is 6.61 Å². The molecule has 0 unspecified atom stereocenters. The number of hydrogen-bond acceptors (Lipinski definition) is 4. The first-order chi connectivity index (χ1) is 14.4. The van der Waals surface area contributed by atoms with Crippen LogP contribution in [-0.4, -0.2) is 17.6 Å². The van der Waals surface area contributed by atoms with Gasteiger partial charge in [0.1, 0.15) is 6.07 Å². The average Bonchev–Trinajstić information content (AvgIpc) is 3.12. The van der Waals surface area contributed by atoms with Crippen molar-refractivity contribution < 1.29 is 9.53 Å². The molecule has 0 saturated heterocycles. The number of para-hydroxylation sites is 1. The molecule has 4 rings (SSSR count). The number of carbonyl (C=O) groups excluding carboxylic acids is 1. The summed E-state index contributed by atoms with van der Waals surface area (Å²) in [5.41, 5.74) is 6.72. The van der Waals surface area contributed by atoms with E-state index in [1.807, 2.05) is 30.3 Å². The van der Waals surface area contributed by atoms with Crippen LogP contribution in [0.2, 0.25) is 0 Å². The number of allylic oxidation sites excluding steroid dienone is 1. The van der Waals surface area contributed by atoms with Gasteiger partial charge < -0.3 is 4.74 Å². The minimum Gasteiger partial charge on any atom is -0.447 e. The Hall–Kier alpha value is -3.45. The fourth-order valence-electron chi connectivity index (χ4n) is 3.96. The standard InChI is InChI=1S/C26H24N2O2/c1-26(2,3)19-11-8-17(9-12-19)16-18-10-13-21-23(25(29)30-15-14-27)20-6-4-5-7-22(20)28-24(18)21/h4-9,11-12,16H,10,13,15H2,1-3H3/b18-16+. The van der Waals surface area contributed by atoms with Crippen LogP contribution < -0.4 is 0 Å². The molecule has 4 nitrogen and oxygen atoms in total. The van der Waals surface area contributed by atoms with Crippen molar-refractivity contribution in [1.82, 2.24) is 4.98 Å². The second kappa shape index (κ2) is 7.76. The summed E-state index contributed by atoms with van der Waals surface area (Å²) >= 11 is 0. The lowest BCUT2D eigenvalue weighted by Crippen LogP contribution is -2.10. The van der Waals surface area contributed by atoms with Crippen molar-refractivity contribution in [2.24, 2.45) is 0 Å². The van der Waals surface area contributed by atoms with Crippen molar-refractivity contribution >= 4 is 28.5 Å². The molecule has 3 aromatic rings. The largest absolute Gasteiger partial charge is 0.447 e. The molecule has 0 saturated carbocycles. The summed E-state index contributed by atoms with van der Waals surface area (Å²) in [6, 6.07) is 18.1. The molecular formula is C26H24N2O2. The van der Waals surface area contributed by atoms with E-state index < -0.39 is 5.97 Å². The van der Waals surface area contributed by atoms with Gasteiger partial charge in [-0.1, -0.05) is 63.2 Å². The van der Waals surface area contributed by atoms with Gasteiger partial charge in [0, 0.05) is 5.39 Å². The third-order valence-corrected chi connectivity index (χ3v) is 5.53. The molecule has 2 aromatic carbocycles. The normalized spacial score (nSPS) is 14.5. The highest BCUT2D eigenvalue weighted by atomic mass is 16.5. The number of fused-ring (bicyclic) bond motifs is 2. The summed E-state index contributed by atoms with van der Waals surface area (Å²) in [6.45, 7) is 6.36. The first kappa shape index (κ1) is 19.8. The van der Waals surface area contributed by atoms with Gasteiger partial charge in [-0.05, 0) is 52.7 Å². The van der Waals surface area contributed by atoms with Crippen LogP contribution in [0.15, 0.2) is 48.5 Å². The van der Waals surface area contributed by atoms with E-state index in [2.05, 4.69) is 51.1 Å². The first-order valence-electron chi connectivity index (χ1n) is 10.2. The summed E-state index contributed by atoms with van der Waals surface area (Å²) in [5, 5.41) is 9.57. The monoisotopic (exact) mass is 396 g/mol. The zero-order valence-corrected chi connectivity index (χ0v) is 17.5. The maximum atomic E-state index is 12.8. The molecule has 4 heteroatoms. The van der Waals surface area contributed by atoms with Crippen LogP contribution >= 0.6 is 0 Å². The predicted molar refractivity (Wildman–Crippen MR) is 119 cm³/mol. The minimum absolute atomic E-state index is 0.116. The quantitative estimate of drug-likeness (QED) is 0.533. The molecule has 0 aliphatic heterocycles.